The van der Waals surface area contributed by atoms with E-state index in [0.717, 1.165) is 48.7 Å². The summed E-state index contributed by atoms with van der Waals surface area (Å²) in [6, 6.07) is 12.3. The van der Waals surface area contributed by atoms with Crippen molar-refractivity contribution >= 4 is 11.9 Å². The van der Waals surface area contributed by atoms with Gasteiger partial charge in [0.1, 0.15) is 6.61 Å². The van der Waals surface area contributed by atoms with Gasteiger partial charge in [0.15, 0.2) is 17.3 Å². The number of piperidine rings is 3. The maximum absolute atomic E-state index is 12.6. The Bertz CT molecular complexity index is 939. The predicted molar refractivity (Wildman–Crippen MR) is 115 cm³/mol. The molecule has 0 unspecified atom stereocenters. The van der Waals surface area contributed by atoms with Crippen LogP contribution in [0.3, 0.4) is 0 Å². The number of allylic oxidation sites excluding steroid dienone is 1. The highest BCUT2D eigenvalue weighted by molar-refractivity contribution is 6.01. The second-order valence-corrected chi connectivity index (χ2v) is 8.01. The van der Waals surface area contributed by atoms with E-state index in [4.69, 9.17) is 9.47 Å². The molecule has 4 heteroatoms. The van der Waals surface area contributed by atoms with Gasteiger partial charge < -0.3 is 14.4 Å². The summed E-state index contributed by atoms with van der Waals surface area (Å²) in [6.07, 6.45) is 3.99. The van der Waals surface area contributed by atoms with Gasteiger partial charge in [-0.2, -0.15) is 0 Å². The number of rotatable bonds is 6. The Balaban J connectivity index is 1.56. The van der Waals surface area contributed by atoms with Crippen molar-refractivity contribution in [2.75, 3.05) is 19.7 Å². The summed E-state index contributed by atoms with van der Waals surface area (Å²) >= 11 is 0. The number of ketones is 1. The third-order valence-electron chi connectivity index (χ3n) is 5.92. The monoisotopic (exact) mass is 391 g/mol. The number of fused-ring (bicyclic) bond motifs is 3. The van der Waals surface area contributed by atoms with Gasteiger partial charge in [0, 0.05) is 19.0 Å². The molecule has 3 fully saturated rings. The van der Waals surface area contributed by atoms with Gasteiger partial charge in [-0.05, 0) is 68.5 Å². The average Bonchev–Trinajstić information content (AvgIpc) is 2.73. The fraction of sp³-hybridized carbons (Fsp3) is 0.400. The second-order valence-electron chi connectivity index (χ2n) is 8.01. The summed E-state index contributed by atoms with van der Waals surface area (Å²) in [7, 11) is 0. The Kier molecular flexibility index (Phi) is 5.61. The zero-order valence-electron chi connectivity index (χ0n) is 17.5. The molecule has 0 aromatic heterocycles. The zero-order valence-corrected chi connectivity index (χ0v) is 17.5. The van der Waals surface area contributed by atoms with Crippen LogP contribution in [0.4, 0.5) is 0 Å². The third-order valence-corrected chi connectivity index (χ3v) is 5.92. The van der Waals surface area contributed by atoms with E-state index >= 15 is 0 Å². The normalized spacial score (nSPS) is 17.8. The van der Waals surface area contributed by atoms with Crippen molar-refractivity contribution in [3.8, 4) is 11.5 Å². The largest absolute Gasteiger partial charge is 0.490 e. The predicted octanol–water partition coefficient (Wildman–Crippen LogP) is 4.92. The van der Waals surface area contributed by atoms with Crippen molar-refractivity contribution in [2.24, 2.45) is 5.92 Å². The number of benzene rings is 2. The lowest BCUT2D eigenvalue weighted by atomic mass is 9.84. The first kappa shape index (κ1) is 19.6. The van der Waals surface area contributed by atoms with Gasteiger partial charge >= 0.3 is 0 Å². The molecule has 3 aliphatic rings. The SMILES string of the molecule is CCOc1cc(/C=C2/C(=O)C3CCN2CC3)ccc1OCc1cc(C)ccc1C. The van der Waals surface area contributed by atoms with Gasteiger partial charge in [-0.3, -0.25) is 4.79 Å². The number of hydrogen-bond acceptors (Lipinski definition) is 4. The molecule has 0 atom stereocenters. The fourth-order valence-electron chi connectivity index (χ4n) is 4.18. The summed E-state index contributed by atoms with van der Waals surface area (Å²) in [5.74, 6) is 1.94. The van der Waals surface area contributed by atoms with Crippen molar-refractivity contribution in [1.82, 2.24) is 4.90 Å². The van der Waals surface area contributed by atoms with Crippen LogP contribution in [-0.2, 0) is 11.4 Å². The Morgan fingerprint density at radius 3 is 2.55 bits per heavy atom. The van der Waals surface area contributed by atoms with E-state index in [-0.39, 0.29) is 11.7 Å². The second kappa shape index (κ2) is 8.32. The molecule has 29 heavy (non-hydrogen) atoms. The first-order valence-corrected chi connectivity index (χ1v) is 10.5. The van der Waals surface area contributed by atoms with E-state index in [1.807, 2.05) is 31.2 Å². The molecule has 4 nitrogen and oxygen atoms in total. The van der Waals surface area contributed by atoms with Crippen molar-refractivity contribution in [3.63, 3.8) is 0 Å². The Labute approximate surface area is 173 Å². The summed E-state index contributed by atoms with van der Waals surface area (Å²) < 4.78 is 11.9. The number of hydrogen-bond donors (Lipinski definition) is 0. The zero-order chi connectivity index (χ0) is 20.4. The number of carbonyl (C=O) groups excluding carboxylic acids is 1. The van der Waals surface area contributed by atoms with Crippen LogP contribution >= 0.6 is 0 Å². The van der Waals surface area contributed by atoms with Crippen LogP contribution in [0.5, 0.6) is 11.5 Å². The lowest BCUT2D eigenvalue weighted by Gasteiger charge is -2.41. The van der Waals surface area contributed by atoms with Crippen molar-refractivity contribution < 1.29 is 14.3 Å². The number of nitrogens with zero attached hydrogens (tertiary/aromatic N) is 1. The van der Waals surface area contributed by atoms with Gasteiger partial charge in [-0.25, -0.2) is 0 Å². The molecule has 0 saturated carbocycles. The van der Waals surface area contributed by atoms with Crippen LogP contribution in [0.25, 0.3) is 6.08 Å². The van der Waals surface area contributed by atoms with Gasteiger partial charge in [0.05, 0.1) is 12.3 Å². The van der Waals surface area contributed by atoms with Crippen molar-refractivity contribution in [2.45, 2.75) is 40.2 Å². The van der Waals surface area contributed by atoms with Crippen LogP contribution < -0.4 is 9.47 Å². The Morgan fingerprint density at radius 2 is 1.83 bits per heavy atom. The minimum absolute atomic E-state index is 0.206. The number of Topliss-reactive ketones (excluding diaryl/α,β-unsaturated/α-hetero) is 1. The molecule has 0 amide bonds. The third kappa shape index (κ3) is 4.16. The number of carbonyl (C=O) groups is 1. The van der Waals surface area contributed by atoms with E-state index in [0.29, 0.717) is 13.2 Å². The summed E-state index contributed by atoms with van der Waals surface area (Å²) in [4.78, 5) is 14.8. The topological polar surface area (TPSA) is 38.8 Å². The minimum atomic E-state index is 0.206. The lowest BCUT2D eigenvalue weighted by Crippen LogP contribution is -2.45. The van der Waals surface area contributed by atoms with E-state index < -0.39 is 0 Å². The van der Waals surface area contributed by atoms with E-state index in [9.17, 15) is 4.79 Å². The smallest absolute Gasteiger partial charge is 0.182 e. The minimum Gasteiger partial charge on any atom is -0.490 e. The van der Waals surface area contributed by atoms with E-state index in [1.165, 1.54) is 16.7 Å². The fourth-order valence-corrected chi connectivity index (χ4v) is 4.18. The lowest BCUT2D eigenvalue weighted by molar-refractivity contribution is -0.125. The highest BCUT2D eigenvalue weighted by Gasteiger charge is 2.36. The summed E-state index contributed by atoms with van der Waals surface area (Å²) in [6.45, 7) is 9.19. The maximum atomic E-state index is 12.6. The molecule has 152 valence electrons. The van der Waals surface area contributed by atoms with Crippen LogP contribution in [0.15, 0.2) is 42.1 Å². The molecular formula is C25H29NO3. The highest BCUT2D eigenvalue weighted by Crippen LogP contribution is 2.34. The average molecular weight is 392 g/mol. The molecule has 3 aliphatic heterocycles. The Hall–Kier alpha value is -2.75. The highest BCUT2D eigenvalue weighted by atomic mass is 16.5. The van der Waals surface area contributed by atoms with Gasteiger partial charge in [-0.15, -0.1) is 0 Å². The quantitative estimate of drug-likeness (QED) is 0.656. The molecule has 3 saturated heterocycles. The van der Waals surface area contributed by atoms with Crippen molar-refractivity contribution in [3.05, 3.63) is 64.3 Å². The van der Waals surface area contributed by atoms with Gasteiger partial charge in [0.25, 0.3) is 0 Å². The van der Waals surface area contributed by atoms with Gasteiger partial charge in [-0.1, -0.05) is 29.8 Å². The standard InChI is InChI=1S/C25H29NO3/c1-4-28-24-15-19(14-22-25(27)20-9-11-26(22)12-10-20)7-8-23(24)29-16-21-13-17(2)5-6-18(21)3/h5-8,13-15,20H,4,9-12,16H2,1-3H3/b22-14-. The van der Waals surface area contributed by atoms with Crippen LogP contribution in [0.2, 0.25) is 0 Å². The van der Waals surface area contributed by atoms with Crippen molar-refractivity contribution in [1.29, 1.82) is 0 Å². The molecule has 3 heterocycles. The Morgan fingerprint density at radius 1 is 1.03 bits per heavy atom. The van der Waals surface area contributed by atoms with Crippen LogP contribution in [0.1, 0.15) is 42.0 Å². The van der Waals surface area contributed by atoms with Crippen LogP contribution in [0, 0.1) is 19.8 Å². The number of ether oxygens (including phenoxy) is 2. The maximum Gasteiger partial charge on any atom is 0.182 e. The molecule has 2 bridgehead atoms. The molecular weight excluding hydrogens is 362 g/mol. The summed E-state index contributed by atoms with van der Waals surface area (Å²) in [5.41, 5.74) is 5.44. The molecule has 5 rings (SSSR count). The van der Waals surface area contributed by atoms with E-state index in [1.54, 1.807) is 0 Å². The first-order valence-electron chi connectivity index (χ1n) is 10.5. The molecule has 0 N–H and O–H groups in total. The number of aryl methyl sites for hydroxylation is 2. The van der Waals surface area contributed by atoms with E-state index in [2.05, 4.69) is 36.9 Å². The molecule has 2 aromatic rings. The van der Waals surface area contributed by atoms with Crippen LogP contribution in [-0.4, -0.2) is 30.4 Å². The molecule has 0 radical (unpaired) electrons. The first-order chi connectivity index (χ1) is 14.0. The summed E-state index contributed by atoms with van der Waals surface area (Å²) in [5, 5.41) is 0. The molecule has 2 aromatic carbocycles. The molecule has 0 spiro atoms. The van der Waals surface area contributed by atoms with Gasteiger partial charge in [0.2, 0.25) is 0 Å². The molecule has 0 aliphatic carbocycles.